The van der Waals surface area contributed by atoms with Crippen LogP contribution in [0.4, 0.5) is 0 Å². The van der Waals surface area contributed by atoms with Crippen LogP contribution < -0.4 is 4.72 Å². The molecule has 5 nitrogen and oxygen atoms in total. The minimum atomic E-state index is -3.56. The van der Waals surface area contributed by atoms with E-state index in [1.54, 1.807) is 4.68 Å². The minimum Gasteiger partial charge on any atom is -0.272 e. The van der Waals surface area contributed by atoms with Crippen LogP contribution in [-0.2, 0) is 16.6 Å². The summed E-state index contributed by atoms with van der Waals surface area (Å²) in [5, 5.41) is 4.01. The summed E-state index contributed by atoms with van der Waals surface area (Å²) in [4.78, 5) is 0.195. The highest BCUT2D eigenvalue weighted by atomic mass is 32.2. The van der Waals surface area contributed by atoms with E-state index in [2.05, 4.69) is 15.9 Å². The van der Waals surface area contributed by atoms with Gasteiger partial charge in [-0.15, -0.1) is 0 Å². The maximum atomic E-state index is 12.4. The van der Waals surface area contributed by atoms with Crippen molar-refractivity contribution in [3.8, 4) is 0 Å². The Balaban J connectivity index is 2.23. The van der Waals surface area contributed by atoms with Gasteiger partial charge in [0.15, 0.2) is 0 Å². The van der Waals surface area contributed by atoms with Gasteiger partial charge in [-0.3, -0.25) is 4.68 Å². The van der Waals surface area contributed by atoms with E-state index < -0.39 is 10.0 Å². The molecule has 0 aliphatic heterocycles. The zero-order valence-electron chi connectivity index (χ0n) is 12.8. The highest BCUT2D eigenvalue weighted by molar-refractivity contribution is 7.89. The third-order valence-corrected chi connectivity index (χ3v) is 4.96. The summed E-state index contributed by atoms with van der Waals surface area (Å²) in [5.41, 5.74) is 3.22. The Labute approximate surface area is 126 Å². The predicted octanol–water partition coefficient (Wildman–Crippen LogP) is 2.56. The summed E-state index contributed by atoms with van der Waals surface area (Å²) < 4.78 is 29.0. The van der Waals surface area contributed by atoms with Gasteiger partial charge in [-0.1, -0.05) is 23.8 Å². The molecule has 0 aliphatic carbocycles. The van der Waals surface area contributed by atoms with Gasteiger partial charge in [-0.2, -0.15) is 5.10 Å². The molecule has 1 atom stereocenters. The first-order chi connectivity index (χ1) is 9.83. The van der Waals surface area contributed by atoms with Gasteiger partial charge < -0.3 is 0 Å². The summed E-state index contributed by atoms with van der Waals surface area (Å²) >= 11 is 0. The Hall–Kier alpha value is -1.66. The number of hydrogen-bond donors (Lipinski definition) is 1. The number of aryl methyl sites for hydroxylation is 3. The zero-order valence-corrected chi connectivity index (χ0v) is 13.6. The van der Waals surface area contributed by atoms with E-state index in [0.29, 0.717) is 6.54 Å². The summed E-state index contributed by atoms with van der Waals surface area (Å²) in [6.07, 6.45) is 2.91. The molecule has 0 bridgehead atoms. The van der Waals surface area contributed by atoms with Crippen molar-refractivity contribution in [3.05, 3.63) is 47.3 Å². The fourth-order valence-electron chi connectivity index (χ4n) is 2.33. The van der Waals surface area contributed by atoms with Crippen molar-refractivity contribution < 1.29 is 8.42 Å². The Bertz CT molecular complexity index is 735. The average Bonchev–Trinajstić information content (AvgIpc) is 2.87. The van der Waals surface area contributed by atoms with Crippen LogP contribution in [0.2, 0.25) is 0 Å². The van der Waals surface area contributed by atoms with Crippen LogP contribution in [0.5, 0.6) is 0 Å². The van der Waals surface area contributed by atoms with E-state index in [1.807, 2.05) is 39.8 Å². The molecule has 0 amide bonds. The van der Waals surface area contributed by atoms with Gasteiger partial charge in [0.1, 0.15) is 4.90 Å². The highest BCUT2D eigenvalue weighted by Gasteiger charge is 2.20. The van der Waals surface area contributed by atoms with E-state index >= 15 is 0 Å². The van der Waals surface area contributed by atoms with Crippen molar-refractivity contribution >= 4 is 10.0 Å². The Morgan fingerprint density at radius 2 is 2.05 bits per heavy atom. The van der Waals surface area contributed by atoms with Gasteiger partial charge in [0.2, 0.25) is 10.0 Å². The molecule has 0 radical (unpaired) electrons. The first-order valence-corrected chi connectivity index (χ1v) is 8.43. The predicted molar refractivity (Wildman–Crippen MR) is 82.6 cm³/mol. The van der Waals surface area contributed by atoms with Crippen molar-refractivity contribution in [3.63, 3.8) is 0 Å². The lowest BCUT2D eigenvalue weighted by Gasteiger charge is -2.16. The van der Waals surface area contributed by atoms with Gasteiger partial charge in [0.25, 0.3) is 0 Å². The largest absolute Gasteiger partial charge is 0.272 e. The second kappa shape index (κ2) is 5.99. The molecule has 0 saturated carbocycles. The third-order valence-electron chi connectivity index (χ3n) is 3.47. The summed E-state index contributed by atoms with van der Waals surface area (Å²) in [6.45, 7) is 8.41. The first kappa shape index (κ1) is 15.7. The minimum absolute atomic E-state index is 0.195. The van der Waals surface area contributed by atoms with Gasteiger partial charge in [-0.05, 0) is 38.8 Å². The molecule has 21 heavy (non-hydrogen) atoms. The van der Waals surface area contributed by atoms with Crippen LogP contribution >= 0.6 is 0 Å². The first-order valence-electron chi connectivity index (χ1n) is 6.95. The SMILES string of the molecule is CCn1cc(S(=O)(=O)NC(C)c2ccc(C)cc2C)cn1. The van der Waals surface area contributed by atoms with Crippen molar-refractivity contribution in [1.82, 2.24) is 14.5 Å². The summed E-state index contributed by atoms with van der Waals surface area (Å²) in [7, 11) is -3.56. The van der Waals surface area contributed by atoms with E-state index in [1.165, 1.54) is 12.4 Å². The molecule has 1 aromatic heterocycles. The zero-order chi connectivity index (χ0) is 15.6. The number of aromatic nitrogens is 2. The Morgan fingerprint density at radius 1 is 1.33 bits per heavy atom. The summed E-state index contributed by atoms with van der Waals surface area (Å²) in [6, 6.07) is 5.71. The molecule has 114 valence electrons. The maximum absolute atomic E-state index is 12.4. The second-order valence-corrected chi connectivity index (χ2v) is 6.95. The fourth-order valence-corrected chi connectivity index (χ4v) is 3.51. The number of sulfonamides is 1. The van der Waals surface area contributed by atoms with Crippen molar-refractivity contribution in [2.45, 2.75) is 45.2 Å². The molecule has 1 unspecified atom stereocenters. The van der Waals surface area contributed by atoms with Gasteiger partial charge in [0, 0.05) is 18.8 Å². The van der Waals surface area contributed by atoms with Crippen molar-refractivity contribution in [2.75, 3.05) is 0 Å². The van der Waals surface area contributed by atoms with E-state index in [9.17, 15) is 8.42 Å². The van der Waals surface area contributed by atoms with Crippen molar-refractivity contribution in [2.24, 2.45) is 0 Å². The molecule has 1 N–H and O–H groups in total. The molecule has 2 aromatic rings. The van der Waals surface area contributed by atoms with E-state index in [-0.39, 0.29) is 10.9 Å². The molecule has 0 fully saturated rings. The van der Waals surface area contributed by atoms with Crippen LogP contribution in [0.25, 0.3) is 0 Å². The smallest absolute Gasteiger partial charge is 0.244 e. The normalized spacial score (nSPS) is 13.3. The topological polar surface area (TPSA) is 64.0 Å². The lowest BCUT2D eigenvalue weighted by atomic mass is 10.0. The molecule has 1 aromatic carbocycles. The molecule has 0 aliphatic rings. The molecule has 0 spiro atoms. The lowest BCUT2D eigenvalue weighted by Crippen LogP contribution is -2.27. The Morgan fingerprint density at radius 3 is 2.62 bits per heavy atom. The monoisotopic (exact) mass is 307 g/mol. The summed E-state index contributed by atoms with van der Waals surface area (Å²) in [5.74, 6) is 0. The lowest BCUT2D eigenvalue weighted by molar-refractivity contribution is 0.566. The van der Waals surface area contributed by atoms with Crippen LogP contribution in [0.1, 0.15) is 36.6 Å². The third kappa shape index (κ3) is 3.51. The van der Waals surface area contributed by atoms with E-state index in [0.717, 1.165) is 16.7 Å². The Kier molecular flexibility index (Phi) is 4.49. The molecular weight excluding hydrogens is 286 g/mol. The van der Waals surface area contributed by atoms with Gasteiger partial charge in [0.05, 0.1) is 6.20 Å². The van der Waals surface area contributed by atoms with Gasteiger partial charge >= 0.3 is 0 Å². The number of nitrogens with zero attached hydrogens (tertiary/aromatic N) is 2. The van der Waals surface area contributed by atoms with Crippen LogP contribution in [0, 0.1) is 13.8 Å². The quantitative estimate of drug-likeness (QED) is 0.923. The molecule has 2 rings (SSSR count). The standard InChI is InChI=1S/C15H21N3O2S/c1-5-18-10-14(9-16-18)21(19,20)17-13(4)15-7-6-11(2)8-12(15)3/h6-10,13,17H,5H2,1-4H3. The van der Waals surface area contributed by atoms with E-state index in [4.69, 9.17) is 0 Å². The average molecular weight is 307 g/mol. The highest BCUT2D eigenvalue weighted by Crippen LogP contribution is 2.21. The van der Waals surface area contributed by atoms with Crippen molar-refractivity contribution in [1.29, 1.82) is 0 Å². The van der Waals surface area contributed by atoms with Crippen LogP contribution in [0.3, 0.4) is 0 Å². The molecule has 0 saturated heterocycles. The van der Waals surface area contributed by atoms with Crippen LogP contribution in [-0.4, -0.2) is 18.2 Å². The maximum Gasteiger partial charge on any atom is 0.244 e. The molecular formula is C15H21N3O2S. The number of rotatable bonds is 5. The van der Waals surface area contributed by atoms with Gasteiger partial charge in [-0.25, -0.2) is 13.1 Å². The number of hydrogen-bond acceptors (Lipinski definition) is 3. The van der Waals surface area contributed by atoms with Crippen LogP contribution in [0.15, 0.2) is 35.5 Å². The number of nitrogens with one attached hydrogen (secondary N) is 1. The molecule has 6 heteroatoms. The fraction of sp³-hybridized carbons (Fsp3) is 0.400. The molecule has 1 heterocycles. The number of benzene rings is 1. The second-order valence-electron chi connectivity index (χ2n) is 5.23.